The Morgan fingerprint density at radius 1 is 1.25 bits per heavy atom. The summed E-state index contributed by atoms with van der Waals surface area (Å²) < 4.78 is 4.55. The van der Waals surface area contributed by atoms with Gasteiger partial charge >= 0.3 is 5.43 Å². The Kier molecular flexibility index (Phi) is 6.30. The van der Waals surface area contributed by atoms with Gasteiger partial charge in [-0.2, -0.15) is 0 Å². The second-order valence-electron chi connectivity index (χ2n) is 3.14. The van der Waals surface area contributed by atoms with E-state index in [0.717, 1.165) is 18.7 Å². The second kappa shape index (κ2) is 7.91. The van der Waals surface area contributed by atoms with Crippen molar-refractivity contribution < 1.29 is 9.53 Å². The van der Waals surface area contributed by atoms with Crippen LogP contribution in [0, 0.1) is 0 Å². The minimum absolute atomic E-state index is 0.239. The zero-order valence-electron chi connectivity index (χ0n) is 8.86. The summed E-state index contributed by atoms with van der Waals surface area (Å²) in [4.78, 5) is 10.2. The highest BCUT2D eigenvalue weighted by molar-refractivity contribution is 6.61. The van der Waals surface area contributed by atoms with Crippen LogP contribution in [0.2, 0.25) is 0 Å². The maximum absolute atomic E-state index is 10.2. The smallest absolute Gasteiger partial charge is 0.404 e. The number of carbonyl (C=O) groups excluding carboxylic acids is 1. The van der Waals surface area contributed by atoms with Gasteiger partial charge < -0.3 is 10.1 Å². The van der Waals surface area contributed by atoms with Crippen LogP contribution >= 0.6 is 11.6 Å². The maximum Gasteiger partial charge on any atom is 0.404 e. The zero-order valence-corrected chi connectivity index (χ0v) is 9.61. The first-order chi connectivity index (χ1) is 7.79. The Hall–Kier alpha value is -1.32. The van der Waals surface area contributed by atoms with E-state index >= 15 is 0 Å². The van der Waals surface area contributed by atoms with E-state index in [1.807, 2.05) is 30.3 Å². The lowest BCUT2D eigenvalue weighted by atomic mass is 10.2. The number of ether oxygens (including phenoxy) is 1. The summed E-state index contributed by atoms with van der Waals surface area (Å²) in [5, 5.41) is 3.11. The zero-order chi connectivity index (χ0) is 11.6. The van der Waals surface area contributed by atoms with Crippen molar-refractivity contribution in [2.75, 3.05) is 13.1 Å². The molecule has 0 radical (unpaired) electrons. The van der Waals surface area contributed by atoms with Crippen LogP contribution in [0.4, 0.5) is 4.79 Å². The summed E-state index contributed by atoms with van der Waals surface area (Å²) in [5.41, 5.74) is 0.162. The van der Waals surface area contributed by atoms with E-state index in [1.165, 1.54) is 0 Å². The van der Waals surface area contributed by atoms with Crippen LogP contribution in [0.5, 0.6) is 0 Å². The van der Waals surface area contributed by atoms with E-state index in [1.54, 1.807) is 0 Å². The quantitative estimate of drug-likeness (QED) is 0.637. The first kappa shape index (κ1) is 12.7. The van der Waals surface area contributed by atoms with Crippen molar-refractivity contribution in [3.05, 3.63) is 48.0 Å². The molecule has 0 fully saturated rings. The molecule has 0 bridgehead atoms. The second-order valence-corrected chi connectivity index (χ2v) is 3.45. The molecule has 0 aromatic heterocycles. The molecule has 86 valence electrons. The number of benzene rings is 1. The standard InChI is InChI=1S/C8H7ClO2.C4H7N/c9-8(10)11-6-7-4-2-1-3-5-7;1-2-4-5-3-1/h1-5H,6H2;1-2,5H,3-4H2. The number of carbonyl (C=O) groups is 1. The van der Waals surface area contributed by atoms with Gasteiger partial charge in [0.05, 0.1) is 0 Å². The first-order valence-electron chi connectivity index (χ1n) is 5.01. The monoisotopic (exact) mass is 239 g/mol. The van der Waals surface area contributed by atoms with E-state index in [4.69, 9.17) is 11.6 Å². The van der Waals surface area contributed by atoms with Crippen molar-refractivity contribution in [1.82, 2.24) is 5.32 Å². The van der Waals surface area contributed by atoms with E-state index in [-0.39, 0.29) is 6.61 Å². The van der Waals surface area contributed by atoms with Gasteiger partial charge in [-0.05, 0) is 5.56 Å². The molecule has 0 aliphatic carbocycles. The largest absolute Gasteiger partial charge is 0.449 e. The van der Waals surface area contributed by atoms with Gasteiger partial charge in [0, 0.05) is 24.7 Å². The topological polar surface area (TPSA) is 38.3 Å². The minimum atomic E-state index is -0.770. The Morgan fingerprint density at radius 2 is 1.88 bits per heavy atom. The Labute approximate surface area is 100 Å². The van der Waals surface area contributed by atoms with Crippen molar-refractivity contribution >= 4 is 17.0 Å². The molecule has 1 heterocycles. The fourth-order valence-electron chi connectivity index (χ4n) is 1.13. The predicted molar refractivity (Wildman–Crippen MR) is 64.5 cm³/mol. The average molecular weight is 240 g/mol. The van der Waals surface area contributed by atoms with Crippen molar-refractivity contribution in [3.8, 4) is 0 Å². The molecule has 1 aliphatic rings. The third kappa shape index (κ3) is 6.22. The molecule has 4 heteroatoms. The van der Waals surface area contributed by atoms with Crippen LogP contribution < -0.4 is 5.32 Å². The van der Waals surface area contributed by atoms with Crippen molar-refractivity contribution in [3.63, 3.8) is 0 Å². The third-order valence-electron chi connectivity index (χ3n) is 1.89. The third-order valence-corrected chi connectivity index (χ3v) is 2.00. The molecule has 3 nitrogen and oxygen atoms in total. The van der Waals surface area contributed by atoms with Crippen molar-refractivity contribution in [2.45, 2.75) is 6.61 Å². The molecule has 0 atom stereocenters. The highest BCUT2D eigenvalue weighted by Gasteiger charge is 1.95. The molecule has 0 unspecified atom stereocenters. The normalized spacial score (nSPS) is 12.8. The molecule has 1 N–H and O–H groups in total. The van der Waals surface area contributed by atoms with Crippen LogP contribution in [0.1, 0.15) is 5.56 Å². The lowest BCUT2D eigenvalue weighted by Crippen LogP contribution is -2.04. The van der Waals surface area contributed by atoms with E-state index < -0.39 is 5.43 Å². The fourth-order valence-corrected chi connectivity index (χ4v) is 1.19. The number of hydrogen-bond acceptors (Lipinski definition) is 3. The lowest BCUT2D eigenvalue weighted by molar-refractivity contribution is 0.167. The Bertz CT molecular complexity index is 332. The van der Waals surface area contributed by atoms with Gasteiger partial charge in [0.15, 0.2) is 0 Å². The van der Waals surface area contributed by atoms with Gasteiger partial charge in [0.2, 0.25) is 0 Å². The van der Waals surface area contributed by atoms with Gasteiger partial charge in [-0.15, -0.1) is 0 Å². The first-order valence-corrected chi connectivity index (χ1v) is 5.39. The Balaban J connectivity index is 0.000000212. The van der Waals surface area contributed by atoms with Crippen LogP contribution in [-0.2, 0) is 11.3 Å². The molecular weight excluding hydrogens is 226 g/mol. The number of rotatable bonds is 2. The van der Waals surface area contributed by atoms with Gasteiger partial charge in [-0.1, -0.05) is 42.5 Å². The highest BCUT2D eigenvalue weighted by Crippen LogP contribution is 2.01. The molecule has 0 saturated heterocycles. The van der Waals surface area contributed by atoms with Crippen LogP contribution in [0.3, 0.4) is 0 Å². The molecule has 2 rings (SSSR count). The summed E-state index contributed by atoms with van der Waals surface area (Å²) in [6.07, 6.45) is 4.25. The molecule has 0 amide bonds. The molecule has 1 aromatic carbocycles. The van der Waals surface area contributed by atoms with Gasteiger partial charge in [-0.3, -0.25) is 0 Å². The SMILES string of the molecule is C1=CCNC1.O=C(Cl)OCc1ccccc1. The average Bonchev–Trinajstić information content (AvgIpc) is 2.86. The van der Waals surface area contributed by atoms with Gasteiger partial charge in [0.25, 0.3) is 0 Å². The fraction of sp³-hybridized carbons (Fsp3) is 0.250. The number of halogens is 1. The van der Waals surface area contributed by atoms with E-state index in [9.17, 15) is 4.79 Å². The van der Waals surface area contributed by atoms with E-state index in [0.29, 0.717) is 0 Å². The van der Waals surface area contributed by atoms with Crippen LogP contribution in [-0.4, -0.2) is 18.5 Å². The summed E-state index contributed by atoms with van der Waals surface area (Å²) in [6.45, 7) is 2.38. The number of nitrogens with one attached hydrogen (secondary N) is 1. The summed E-state index contributed by atoms with van der Waals surface area (Å²) in [7, 11) is 0. The molecular formula is C12H14ClNO2. The summed E-state index contributed by atoms with van der Waals surface area (Å²) in [6, 6.07) is 9.36. The molecule has 1 aliphatic heterocycles. The number of hydrogen-bond donors (Lipinski definition) is 1. The molecule has 16 heavy (non-hydrogen) atoms. The summed E-state index contributed by atoms with van der Waals surface area (Å²) in [5.74, 6) is 0. The summed E-state index contributed by atoms with van der Waals surface area (Å²) >= 11 is 4.97. The predicted octanol–water partition coefficient (Wildman–Crippen LogP) is 2.71. The molecule has 0 spiro atoms. The van der Waals surface area contributed by atoms with Crippen LogP contribution in [0.15, 0.2) is 42.5 Å². The van der Waals surface area contributed by atoms with Crippen molar-refractivity contribution in [1.29, 1.82) is 0 Å². The van der Waals surface area contributed by atoms with E-state index in [2.05, 4.69) is 22.2 Å². The molecule has 0 saturated carbocycles. The van der Waals surface area contributed by atoms with Gasteiger partial charge in [0.1, 0.15) is 6.61 Å². The highest BCUT2D eigenvalue weighted by atomic mass is 35.5. The van der Waals surface area contributed by atoms with Crippen LogP contribution in [0.25, 0.3) is 0 Å². The van der Waals surface area contributed by atoms with Crippen molar-refractivity contribution in [2.24, 2.45) is 0 Å². The maximum atomic E-state index is 10.2. The molecule has 1 aromatic rings. The lowest BCUT2D eigenvalue weighted by Gasteiger charge is -1.98. The minimum Gasteiger partial charge on any atom is -0.449 e. The van der Waals surface area contributed by atoms with Gasteiger partial charge in [-0.25, -0.2) is 4.79 Å². The Morgan fingerprint density at radius 3 is 2.31 bits per heavy atom.